The Hall–Kier alpha value is -2.30. The summed E-state index contributed by atoms with van der Waals surface area (Å²) in [7, 11) is 0. The van der Waals surface area contributed by atoms with Crippen molar-refractivity contribution in [2.24, 2.45) is 0 Å². The number of rotatable bonds is 13. The number of carbonyl (C=O) groups is 1. The Morgan fingerprint density at radius 3 is 2.69 bits per heavy atom. The van der Waals surface area contributed by atoms with Gasteiger partial charge >= 0.3 is 5.97 Å². The Morgan fingerprint density at radius 2 is 1.93 bits per heavy atom. The summed E-state index contributed by atoms with van der Waals surface area (Å²) < 4.78 is 10.0. The molecule has 2 rings (SSSR count). The van der Waals surface area contributed by atoms with E-state index in [2.05, 4.69) is 59.0 Å². The SMILES string of the molecule is Cc1cc(/C=C/CNCCC(=O)OCl)ccc1OCCCCCc1ccccc1. The molecular weight excluding hydrogens is 386 g/mol. The Balaban J connectivity index is 1.61. The number of nitrogens with one attached hydrogen (secondary N) is 1. The summed E-state index contributed by atoms with van der Waals surface area (Å²) in [5.41, 5.74) is 3.66. The Bertz CT molecular complexity index is 762. The summed E-state index contributed by atoms with van der Waals surface area (Å²) in [4.78, 5) is 10.9. The standard InChI is InChI=1S/C24H30ClNO3/c1-20-19-22(12-8-16-26-17-15-24(27)29-25)13-14-23(20)28-18-7-3-6-11-21-9-4-2-5-10-21/h2,4-5,8-10,12-14,19,26H,3,6-7,11,15-18H2,1H3/b12-8+. The van der Waals surface area contributed by atoms with E-state index >= 15 is 0 Å². The van der Waals surface area contributed by atoms with Gasteiger partial charge in [-0.15, -0.1) is 0 Å². The van der Waals surface area contributed by atoms with Crippen molar-refractivity contribution in [1.82, 2.24) is 5.32 Å². The van der Waals surface area contributed by atoms with Gasteiger partial charge in [0.2, 0.25) is 0 Å². The van der Waals surface area contributed by atoms with Gasteiger partial charge in [0, 0.05) is 13.1 Å². The lowest BCUT2D eigenvalue weighted by Crippen LogP contribution is -2.18. The predicted octanol–water partition coefficient (Wildman–Crippen LogP) is 5.48. The number of benzene rings is 2. The summed E-state index contributed by atoms with van der Waals surface area (Å²) in [6, 6.07) is 16.8. The topological polar surface area (TPSA) is 47.6 Å². The van der Waals surface area contributed by atoms with Crippen LogP contribution < -0.4 is 10.1 Å². The van der Waals surface area contributed by atoms with Crippen LogP contribution in [0.15, 0.2) is 54.6 Å². The molecule has 0 atom stereocenters. The van der Waals surface area contributed by atoms with Gasteiger partial charge in [-0.2, -0.15) is 0 Å². The molecule has 0 radical (unpaired) electrons. The van der Waals surface area contributed by atoms with E-state index in [0.717, 1.165) is 36.3 Å². The molecule has 5 heteroatoms. The van der Waals surface area contributed by atoms with Gasteiger partial charge in [-0.05, 0) is 61.4 Å². The largest absolute Gasteiger partial charge is 0.493 e. The summed E-state index contributed by atoms with van der Waals surface area (Å²) in [5.74, 6) is 0.522. The Morgan fingerprint density at radius 1 is 1.10 bits per heavy atom. The maximum absolute atomic E-state index is 10.9. The smallest absolute Gasteiger partial charge is 0.326 e. The molecule has 0 bridgehead atoms. The van der Waals surface area contributed by atoms with Gasteiger partial charge in [0.1, 0.15) is 17.6 Å². The lowest BCUT2D eigenvalue weighted by molar-refractivity contribution is -0.133. The van der Waals surface area contributed by atoms with Crippen molar-refractivity contribution in [2.45, 2.75) is 39.0 Å². The van der Waals surface area contributed by atoms with E-state index in [1.165, 1.54) is 18.4 Å². The average Bonchev–Trinajstić information content (AvgIpc) is 2.74. The second kappa shape index (κ2) is 13.8. The number of unbranched alkanes of at least 4 members (excludes halogenated alkanes) is 2. The quantitative estimate of drug-likeness (QED) is 0.440. The van der Waals surface area contributed by atoms with Gasteiger partial charge in [-0.3, -0.25) is 4.79 Å². The van der Waals surface area contributed by atoms with Crippen molar-refractivity contribution in [1.29, 1.82) is 0 Å². The number of carbonyl (C=O) groups excluding carboxylic acids is 1. The second-order valence-corrected chi connectivity index (χ2v) is 7.13. The minimum absolute atomic E-state index is 0.259. The molecule has 0 saturated carbocycles. The third-order valence-electron chi connectivity index (χ3n) is 4.57. The molecule has 0 aliphatic heterocycles. The molecule has 0 fully saturated rings. The number of hydrogen-bond acceptors (Lipinski definition) is 4. The molecule has 29 heavy (non-hydrogen) atoms. The average molecular weight is 416 g/mol. The van der Waals surface area contributed by atoms with Crippen LogP contribution in [0.2, 0.25) is 0 Å². The summed E-state index contributed by atoms with van der Waals surface area (Å²) in [5, 5.41) is 3.13. The minimum atomic E-state index is -0.425. The molecule has 0 amide bonds. The maximum Gasteiger partial charge on any atom is 0.326 e. The fraction of sp³-hybridized carbons (Fsp3) is 0.375. The molecule has 0 saturated heterocycles. The third-order valence-corrected chi connectivity index (χ3v) is 4.75. The van der Waals surface area contributed by atoms with Crippen molar-refractivity contribution in [3.63, 3.8) is 0 Å². The van der Waals surface area contributed by atoms with Crippen molar-refractivity contribution >= 4 is 23.9 Å². The number of aryl methyl sites for hydroxylation is 2. The molecule has 0 spiro atoms. The zero-order valence-corrected chi connectivity index (χ0v) is 17.8. The van der Waals surface area contributed by atoms with Crippen LogP contribution in [-0.4, -0.2) is 25.7 Å². The number of halogens is 1. The first-order valence-electron chi connectivity index (χ1n) is 10.1. The van der Waals surface area contributed by atoms with Crippen LogP contribution in [0, 0.1) is 6.92 Å². The van der Waals surface area contributed by atoms with Crippen LogP contribution in [0.4, 0.5) is 0 Å². The van der Waals surface area contributed by atoms with Crippen LogP contribution >= 0.6 is 11.9 Å². The fourth-order valence-electron chi connectivity index (χ4n) is 2.98. The monoisotopic (exact) mass is 415 g/mol. The zero-order valence-electron chi connectivity index (χ0n) is 17.0. The summed E-state index contributed by atoms with van der Waals surface area (Å²) in [6.07, 6.45) is 8.89. The van der Waals surface area contributed by atoms with Crippen molar-refractivity contribution in [3.8, 4) is 5.75 Å². The first kappa shape index (κ1) is 23.0. The summed E-state index contributed by atoms with van der Waals surface area (Å²) in [6.45, 7) is 4.03. The number of hydrogen-bond donors (Lipinski definition) is 1. The molecule has 0 unspecified atom stereocenters. The summed E-state index contributed by atoms with van der Waals surface area (Å²) >= 11 is 4.98. The van der Waals surface area contributed by atoms with Crippen molar-refractivity contribution in [3.05, 3.63) is 71.3 Å². The molecule has 2 aromatic carbocycles. The second-order valence-electron chi connectivity index (χ2n) is 6.98. The van der Waals surface area contributed by atoms with Crippen LogP contribution in [0.1, 0.15) is 42.4 Å². The van der Waals surface area contributed by atoms with E-state index in [9.17, 15) is 4.79 Å². The van der Waals surface area contributed by atoms with Crippen molar-refractivity contribution < 1.29 is 13.8 Å². The van der Waals surface area contributed by atoms with Gasteiger partial charge in [0.25, 0.3) is 0 Å². The van der Waals surface area contributed by atoms with Crippen LogP contribution in [0.5, 0.6) is 5.75 Å². The zero-order chi connectivity index (χ0) is 20.7. The lowest BCUT2D eigenvalue weighted by Gasteiger charge is -2.10. The highest BCUT2D eigenvalue weighted by Crippen LogP contribution is 2.20. The van der Waals surface area contributed by atoms with E-state index in [-0.39, 0.29) is 6.42 Å². The molecule has 156 valence electrons. The lowest BCUT2D eigenvalue weighted by atomic mass is 10.1. The van der Waals surface area contributed by atoms with Gasteiger partial charge in [-0.25, -0.2) is 0 Å². The maximum atomic E-state index is 10.9. The molecule has 0 heterocycles. The van der Waals surface area contributed by atoms with E-state index in [1.807, 2.05) is 18.2 Å². The van der Waals surface area contributed by atoms with Gasteiger partial charge in [0.15, 0.2) is 0 Å². The van der Waals surface area contributed by atoms with E-state index in [4.69, 9.17) is 16.6 Å². The van der Waals surface area contributed by atoms with E-state index < -0.39 is 5.97 Å². The number of ether oxygens (including phenoxy) is 1. The van der Waals surface area contributed by atoms with Crippen LogP contribution in [0.25, 0.3) is 6.08 Å². The van der Waals surface area contributed by atoms with Crippen LogP contribution in [0.3, 0.4) is 0 Å². The molecule has 4 nitrogen and oxygen atoms in total. The van der Waals surface area contributed by atoms with Gasteiger partial charge < -0.3 is 14.3 Å². The molecular formula is C24H30ClNO3. The highest BCUT2D eigenvalue weighted by Gasteiger charge is 2.01. The third kappa shape index (κ3) is 9.64. The first-order chi connectivity index (χ1) is 14.2. The van der Waals surface area contributed by atoms with Crippen molar-refractivity contribution in [2.75, 3.05) is 19.7 Å². The Labute approximate surface area is 179 Å². The molecule has 1 N–H and O–H groups in total. The molecule has 0 aromatic heterocycles. The fourth-order valence-corrected chi connectivity index (χ4v) is 3.06. The van der Waals surface area contributed by atoms with Gasteiger partial charge in [0.05, 0.1) is 13.0 Å². The van der Waals surface area contributed by atoms with Gasteiger partial charge in [-0.1, -0.05) is 48.6 Å². The molecule has 0 aliphatic carbocycles. The Kier molecular flexibility index (Phi) is 10.9. The van der Waals surface area contributed by atoms with Crippen LogP contribution in [-0.2, 0) is 15.5 Å². The van der Waals surface area contributed by atoms with E-state index in [1.54, 1.807) is 0 Å². The first-order valence-corrected chi connectivity index (χ1v) is 10.5. The molecule has 2 aromatic rings. The highest BCUT2D eigenvalue weighted by atomic mass is 35.5. The van der Waals surface area contributed by atoms with E-state index in [0.29, 0.717) is 13.1 Å². The minimum Gasteiger partial charge on any atom is -0.493 e. The highest BCUT2D eigenvalue weighted by molar-refractivity contribution is 6.13. The normalized spacial score (nSPS) is 11.0. The predicted molar refractivity (Wildman–Crippen MR) is 119 cm³/mol. The molecule has 0 aliphatic rings.